The molecule has 0 saturated carbocycles. The number of benzene rings is 1. The van der Waals surface area contributed by atoms with E-state index in [-0.39, 0.29) is 0 Å². The minimum atomic E-state index is 0.706. The van der Waals surface area contributed by atoms with Gasteiger partial charge in [0.05, 0.1) is 7.11 Å². The van der Waals surface area contributed by atoms with Gasteiger partial charge in [-0.25, -0.2) is 0 Å². The van der Waals surface area contributed by atoms with E-state index in [0.29, 0.717) is 6.54 Å². The Morgan fingerprint density at radius 3 is 2.29 bits per heavy atom. The monoisotopic (exact) mass is 194 g/mol. The second-order valence-corrected chi connectivity index (χ2v) is 3.32. The number of hydroxylamine groups is 2. The largest absolute Gasteiger partial charge is 0.330 e. The lowest BCUT2D eigenvalue weighted by Gasteiger charge is -2.13. The van der Waals surface area contributed by atoms with Crippen molar-refractivity contribution in [2.24, 2.45) is 5.73 Å². The van der Waals surface area contributed by atoms with Gasteiger partial charge in [-0.15, -0.1) is 0 Å². The third-order valence-electron chi connectivity index (χ3n) is 2.17. The van der Waals surface area contributed by atoms with Crippen molar-refractivity contribution in [3.8, 4) is 0 Å². The minimum absolute atomic E-state index is 0.706. The van der Waals surface area contributed by atoms with Crippen LogP contribution in [0.2, 0.25) is 0 Å². The maximum atomic E-state index is 5.47. The van der Waals surface area contributed by atoms with E-state index in [1.807, 2.05) is 7.05 Å². The molecule has 0 fully saturated rings. The average Bonchev–Trinajstić information content (AvgIpc) is 2.21. The molecule has 1 aromatic rings. The number of hydrogen-bond donors (Lipinski definition) is 1. The molecule has 0 radical (unpaired) electrons. The van der Waals surface area contributed by atoms with E-state index in [0.717, 1.165) is 13.0 Å². The first-order chi connectivity index (χ1) is 6.76. The second kappa shape index (κ2) is 5.75. The number of nitrogens with zero attached hydrogens (tertiary/aromatic N) is 1. The maximum absolute atomic E-state index is 5.47. The zero-order chi connectivity index (χ0) is 10.4. The molecule has 0 aromatic heterocycles. The number of rotatable bonds is 5. The van der Waals surface area contributed by atoms with Gasteiger partial charge in [-0.3, -0.25) is 0 Å². The third-order valence-corrected chi connectivity index (χ3v) is 2.17. The molecule has 14 heavy (non-hydrogen) atoms. The first-order valence-corrected chi connectivity index (χ1v) is 4.79. The lowest BCUT2D eigenvalue weighted by Crippen LogP contribution is -2.15. The Kier molecular flexibility index (Phi) is 4.59. The van der Waals surface area contributed by atoms with Crippen molar-refractivity contribution in [3.05, 3.63) is 35.4 Å². The van der Waals surface area contributed by atoms with Crippen LogP contribution >= 0.6 is 0 Å². The molecule has 78 valence electrons. The van der Waals surface area contributed by atoms with Gasteiger partial charge in [-0.2, -0.15) is 5.06 Å². The summed E-state index contributed by atoms with van der Waals surface area (Å²) in [6, 6.07) is 8.46. The van der Waals surface area contributed by atoms with Crippen LogP contribution in [0.15, 0.2) is 24.3 Å². The smallest absolute Gasteiger partial charge is 0.0575 e. The molecule has 3 heteroatoms. The summed E-state index contributed by atoms with van der Waals surface area (Å²) in [5.74, 6) is 0. The Bertz CT molecular complexity index is 258. The first kappa shape index (κ1) is 11.2. The average molecular weight is 194 g/mol. The van der Waals surface area contributed by atoms with Gasteiger partial charge in [0.15, 0.2) is 0 Å². The van der Waals surface area contributed by atoms with E-state index in [1.54, 1.807) is 12.2 Å². The summed E-state index contributed by atoms with van der Waals surface area (Å²) in [5, 5.41) is 1.79. The van der Waals surface area contributed by atoms with Gasteiger partial charge in [0.1, 0.15) is 0 Å². The van der Waals surface area contributed by atoms with Crippen LogP contribution < -0.4 is 5.73 Å². The predicted octanol–water partition coefficient (Wildman–Crippen LogP) is 1.18. The van der Waals surface area contributed by atoms with Gasteiger partial charge in [-0.05, 0) is 24.1 Å². The van der Waals surface area contributed by atoms with Gasteiger partial charge in [0, 0.05) is 13.6 Å². The highest BCUT2D eigenvalue weighted by molar-refractivity contribution is 5.22. The summed E-state index contributed by atoms with van der Waals surface area (Å²) in [7, 11) is 3.58. The summed E-state index contributed by atoms with van der Waals surface area (Å²) < 4.78 is 0. The molecule has 0 aliphatic carbocycles. The van der Waals surface area contributed by atoms with Gasteiger partial charge in [0.25, 0.3) is 0 Å². The van der Waals surface area contributed by atoms with Gasteiger partial charge in [0.2, 0.25) is 0 Å². The summed E-state index contributed by atoms with van der Waals surface area (Å²) in [6.45, 7) is 1.51. The van der Waals surface area contributed by atoms with Gasteiger partial charge < -0.3 is 10.6 Å². The summed E-state index contributed by atoms with van der Waals surface area (Å²) in [6.07, 6.45) is 0.945. The van der Waals surface area contributed by atoms with E-state index in [1.165, 1.54) is 11.1 Å². The molecule has 0 saturated heterocycles. The molecular formula is C11H18N2O. The van der Waals surface area contributed by atoms with Crippen LogP contribution in [0.3, 0.4) is 0 Å². The van der Waals surface area contributed by atoms with Crippen LogP contribution in [-0.2, 0) is 17.8 Å². The SMILES string of the molecule is CON(C)Cc1ccc(CCN)cc1. The molecule has 1 rings (SSSR count). The molecule has 0 aliphatic rings. The molecular weight excluding hydrogens is 176 g/mol. The molecule has 1 aromatic carbocycles. The fourth-order valence-electron chi connectivity index (χ4n) is 1.30. The Morgan fingerprint density at radius 1 is 1.21 bits per heavy atom. The highest BCUT2D eigenvalue weighted by Crippen LogP contribution is 2.06. The normalized spacial score (nSPS) is 10.9. The van der Waals surface area contributed by atoms with Gasteiger partial charge in [-0.1, -0.05) is 24.3 Å². The summed E-state index contributed by atoms with van der Waals surface area (Å²) in [5.41, 5.74) is 8.01. The van der Waals surface area contributed by atoms with E-state index in [4.69, 9.17) is 10.6 Å². The fourth-order valence-corrected chi connectivity index (χ4v) is 1.30. The van der Waals surface area contributed by atoms with Crippen LogP contribution in [0.1, 0.15) is 11.1 Å². The van der Waals surface area contributed by atoms with Crippen LogP contribution in [0.25, 0.3) is 0 Å². The Balaban J connectivity index is 2.54. The summed E-state index contributed by atoms with van der Waals surface area (Å²) >= 11 is 0. The second-order valence-electron chi connectivity index (χ2n) is 3.32. The summed E-state index contributed by atoms with van der Waals surface area (Å²) in [4.78, 5) is 5.05. The quantitative estimate of drug-likeness (QED) is 0.715. The molecule has 0 unspecified atom stereocenters. The van der Waals surface area contributed by atoms with Crippen LogP contribution in [-0.4, -0.2) is 25.8 Å². The Hall–Kier alpha value is -0.900. The topological polar surface area (TPSA) is 38.5 Å². The highest BCUT2D eigenvalue weighted by Gasteiger charge is 1.98. The van der Waals surface area contributed by atoms with Crippen molar-refractivity contribution in [1.82, 2.24) is 5.06 Å². The van der Waals surface area contributed by atoms with Crippen LogP contribution in [0.4, 0.5) is 0 Å². The number of nitrogens with two attached hydrogens (primary N) is 1. The van der Waals surface area contributed by atoms with E-state index >= 15 is 0 Å². The van der Waals surface area contributed by atoms with Crippen molar-refractivity contribution in [2.45, 2.75) is 13.0 Å². The van der Waals surface area contributed by atoms with E-state index < -0.39 is 0 Å². The molecule has 0 atom stereocenters. The molecule has 2 N–H and O–H groups in total. The molecule has 0 amide bonds. The zero-order valence-corrected chi connectivity index (χ0v) is 8.86. The third kappa shape index (κ3) is 3.46. The zero-order valence-electron chi connectivity index (χ0n) is 8.86. The fraction of sp³-hybridized carbons (Fsp3) is 0.455. The standard InChI is InChI=1S/C11H18N2O/c1-13(14-2)9-11-5-3-10(4-6-11)7-8-12/h3-6H,7-9,12H2,1-2H3. The van der Waals surface area contributed by atoms with Crippen molar-refractivity contribution in [2.75, 3.05) is 20.7 Å². The van der Waals surface area contributed by atoms with E-state index in [2.05, 4.69) is 24.3 Å². The minimum Gasteiger partial charge on any atom is -0.330 e. The molecule has 0 bridgehead atoms. The predicted molar refractivity (Wildman–Crippen MR) is 57.7 cm³/mol. The Morgan fingerprint density at radius 2 is 1.79 bits per heavy atom. The molecule has 0 heterocycles. The van der Waals surface area contributed by atoms with Crippen LogP contribution in [0.5, 0.6) is 0 Å². The first-order valence-electron chi connectivity index (χ1n) is 4.79. The lowest BCUT2D eigenvalue weighted by molar-refractivity contribution is -0.116. The van der Waals surface area contributed by atoms with Crippen LogP contribution in [0, 0.1) is 0 Å². The van der Waals surface area contributed by atoms with Crippen molar-refractivity contribution in [3.63, 3.8) is 0 Å². The van der Waals surface area contributed by atoms with Crippen molar-refractivity contribution in [1.29, 1.82) is 0 Å². The molecule has 0 aliphatic heterocycles. The molecule has 0 spiro atoms. The van der Waals surface area contributed by atoms with E-state index in [9.17, 15) is 0 Å². The highest BCUT2D eigenvalue weighted by atomic mass is 16.7. The van der Waals surface area contributed by atoms with Gasteiger partial charge >= 0.3 is 0 Å². The Labute approximate surface area is 85.4 Å². The lowest BCUT2D eigenvalue weighted by atomic mass is 10.1. The van der Waals surface area contributed by atoms with Crippen molar-refractivity contribution >= 4 is 0 Å². The maximum Gasteiger partial charge on any atom is 0.0575 e. The number of hydrogen-bond acceptors (Lipinski definition) is 3. The van der Waals surface area contributed by atoms with Crippen molar-refractivity contribution < 1.29 is 4.84 Å². The molecule has 3 nitrogen and oxygen atoms in total.